The average Bonchev–Trinajstić information content (AvgIpc) is 2.33. The van der Waals surface area contributed by atoms with E-state index in [0.29, 0.717) is 12.0 Å². The Morgan fingerprint density at radius 3 is 2.78 bits per heavy atom. The topological polar surface area (TPSA) is 24.9 Å². The Morgan fingerprint density at radius 1 is 1.44 bits per heavy atom. The van der Waals surface area contributed by atoms with Crippen molar-refractivity contribution in [2.24, 2.45) is 0 Å². The number of hydrogen-bond donors (Lipinski definition) is 1. The van der Waals surface area contributed by atoms with Crippen molar-refractivity contribution in [3.8, 4) is 0 Å². The van der Waals surface area contributed by atoms with Crippen LogP contribution in [0.5, 0.6) is 0 Å². The molecular weight excluding hydrogens is 241 g/mol. The molecule has 0 radical (unpaired) electrons. The van der Waals surface area contributed by atoms with Crippen LogP contribution in [0.25, 0.3) is 5.57 Å². The van der Waals surface area contributed by atoms with Crippen molar-refractivity contribution in [3.63, 3.8) is 0 Å². The van der Waals surface area contributed by atoms with E-state index in [0.717, 1.165) is 25.4 Å². The van der Waals surface area contributed by atoms with Crippen molar-refractivity contribution in [2.45, 2.75) is 26.4 Å². The lowest BCUT2D eigenvalue weighted by molar-refractivity contribution is -0.137. The van der Waals surface area contributed by atoms with Crippen LogP contribution in [0.15, 0.2) is 24.5 Å². The SMILES string of the molecule is CCNCC/C=C(/C)c1cnccc1C(F)(F)F. The van der Waals surface area contributed by atoms with Gasteiger partial charge in [0.25, 0.3) is 0 Å². The molecule has 5 heteroatoms. The molecule has 0 aromatic carbocycles. The molecule has 1 rings (SSSR count). The third-order valence-corrected chi connectivity index (χ3v) is 2.57. The van der Waals surface area contributed by atoms with Crippen LogP contribution in [-0.2, 0) is 6.18 Å². The van der Waals surface area contributed by atoms with Crippen LogP contribution in [0.2, 0.25) is 0 Å². The highest BCUT2D eigenvalue weighted by molar-refractivity contribution is 5.66. The standard InChI is InChI=1S/C13H17F3N2/c1-3-17-7-4-5-10(2)11-9-18-8-6-12(11)13(14,15)16/h5-6,8-9,17H,3-4,7H2,1-2H3/b10-5-. The number of rotatable bonds is 5. The molecule has 0 amide bonds. The fourth-order valence-electron chi connectivity index (χ4n) is 1.63. The number of aromatic nitrogens is 1. The first kappa shape index (κ1) is 14.7. The molecule has 2 nitrogen and oxygen atoms in total. The van der Waals surface area contributed by atoms with Crippen LogP contribution in [-0.4, -0.2) is 18.1 Å². The molecule has 0 spiro atoms. The number of nitrogens with one attached hydrogen (secondary N) is 1. The quantitative estimate of drug-likeness (QED) is 0.818. The summed E-state index contributed by atoms with van der Waals surface area (Å²) in [7, 11) is 0. The number of halogens is 3. The smallest absolute Gasteiger partial charge is 0.317 e. The van der Waals surface area contributed by atoms with Crippen LogP contribution in [0.4, 0.5) is 13.2 Å². The number of allylic oxidation sites excluding steroid dienone is 1. The van der Waals surface area contributed by atoms with E-state index < -0.39 is 11.7 Å². The molecular formula is C13H17F3N2. The van der Waals surface area contributed by atoms with Gasteiger partial charge in [0.1, 0.15) is 0 Å². The minimum Gasteiger partial charge on any atom is -0.317 e. The van der Waals surface area contributed by atoms with Crippen molar-refractivity contribution in [1.82, 2.24) is 10.3 Å². The molecule has 18 heavy (non-hydrogen) atoms. The predicted octanol–water partition coefficient (Wildman–Crippen LogP) is 3.50. The van der Waals surface area contributed by atoms with Gasteiger partial charge in [0.15, 0.2) is 0 Å². The molecule has 0 fully saturated rings. The van der Waals surface area contributed by atoms with E-state index in [1.54, 1.807) is 13.0 Å². The van der Waals surface area contributed by atoms with Crippen molar-refractivity contribution in [3.05, 3.63) is 35.7 Å². The van der Waals surface area contributed by atoms with Crippen LogP contribution >= 0.6 is 0 Å². The van der Waals surface area contributed by atoms with E-state index in [-0.39, 0.29) is 5.56 Å². The molecule has 0 atom stereocenters. The Balaban J connectivity index is 2.88. The van der Waals surface area contributed by atoms with Gasteiger partial charge in [0.2, 0.25) is 0 Å². The van der Waals surface area contributed by atoms with Crippen LogP contribution in [0.3, 0.4) is 0 Å². The van der Waals surface area contributed by atoms with Gasteiger partial charge in [-0.25, -0.2) is 0 Å². The van der Waals surface area contributed by atoms with Crippen molar-refractivity contribution in [2.75, 3.05) is 13.1 Å². The maximum absolute atomic E-state index is 12.8. The average molecular weight is 258 g/mol. The summed E-state index contributed by atoms with van der Waals surface area (Å²) in [6.45, 7) is 5.28. The van der Waals surface area contributed by atoms with E-state index in [1.165, 1.54) is 6.20 Å². The minimum absolute atomic E-state index is 0.154. The van der Waals surface area contributed by atoms with E-state index in [2.05, 4.69) is 10.3 Å². The lowest BCUT2D eigenvalue weighted by Crippen LogP contribution is -2.13. The largest absolute Gasteiger partial charge is 0.417 e. The molecule has 0 unspecified atom stereocenters. The fourth-order valence-corrected chi connectivity index (χ4v) is 1.63. The fraction of sp³-hybridized carbons (Fsp3) is 0.462. The van der Waals surface area contributed by atoms with Gasteiger partial charge < -0.3 is 5.32 Å². The molecule has 1 heterocycles. The van der Waals surface area contributed by atoms with Crippen molar-refractivity contribution in [1.29, 1.82) is 0 Å². The highest BCUT2D eigenvalue weighted by Gasteiger charge is 2.33. The second-order valence-electron chi connectivity index (χ2n) is 3.95. The second kappa shape index (κ2) is 6.54. The van der Waals surface area contributed by atoms with Gasteiger partial charge in [-0.15, -0.1) is 0 Å². The molecule has 100 valence electrons. The minimum atomic E-state index is -4.34. The molecule has 0 saturated heterocycles. The summed E-state index contributed by atoms with van der Waals surface area (Å²) < 4.78 is 38.4. The van der Waals surface area contributed by atoms with E-state index in [1.807, 2.05) is 6.92 Å². The van der Waals surface area contributed by atoms with Gasteiger partial charge in [0, 0.05) is 18.0 Å². The Hall–Kier alpha value is -1.36. The zero-order valence-electron chi connectivity index (χ0n) is 10.5. The normalized spacial score (nSPS) is 12.8. The van der Waals surface area contributed by atoms with E-state index in [4.69, 9.17) is 0 Å². The summed E-state index contributed by atoms with van der Waals surface area (Å²) in [5.41, 5.74) is 0.129. The number of hydrogen-bond acceptors (Lipinski definition) is 2. The number of pyridine rings is 1. The Bertz CT molecular complexity index is 411. The first-order valence-corrected chi connectivity index (χ1v) is 5.86. The second-order valence-corrected chi connectivity index (χ2v) is 3.95. The molecule has 0 aliphatic heterocycles. The summed E-state index contributed by atoms with van der Waals surface area (Å²) in [6, 6.07) is 1.01. The van der Waals surface area contributed by atoms with Crippen LogP contribution in [0.1, 0.15) is 31.4 Å². The summed E-state index contributed by atoms with van der Waals surface area (Å²) in [4.78, 5) is 3.77. The molecule has 0 aliphatic carbocycles. The summed E-state index contributed by atoms with van der Waals surface area (Å²) in [5, 5.41) is 3.12. The zero-order chi connectivity index (χ0) is 13.6. The third-order valence-electron chi connectivity index (χ3n) is 2.57. The molecule has 1 N–H and O–H groups in total. The summed E-state index contributed by atoms with van der Waals surface area (Å²) in [6.07, 6.45) is 0.593. The van der Waals surface area contributed by atoms with Gasteiger partial charge in [0.05, 0.1) is 5.56 Å². The highest BCUT2D eigenvalue weighted by atomic mass is 19.4. The van der Waals surface area contributed by atoms with Crippen molar-refractivity contribution >= 4 is 5.57 Å². The first-order chi connectivity index (χ1) is 8.46. The molecule has 0 bridgehead atoms. The number of alkyl halides is 3. The van der Waals surface area contributed by atoms with Gasteiger partial charge in [-0.2, -0.15) is 13.2 Å². The number of nitrogens with zero attached hydrogens (tertiary/aromatic N) is 1. The summed E-state index contributed by atoms with van der Waals surface area (Å²) in [5.74, 6) is 0. The Labute approximate surface area is 105 Å². The third kappa shape index (κ3) is 4.14. The van der Waals surface area contributed by atoms with Gasteiger partial charge in [-0.1, -0.05) is 13.0 Å². The first-order valence-electron chi connectivity index (χ1n) is 5.86. The monoisotopic (exact) mass is 258 g/mol. The Kier molecular flexibility index (Phi) is 5.34. The predicted molar refractivity (Wildman–Crippen MR) is 66.1 cm³/mol. The molecule has 0 saturated carbocycles. The van der Waals surface area contributed by atoms with E-state index >= 15 is 0 Å². The van der Waals surface area contributed by atoms with Crippen LogP contribution in [0, 0.1) is 0 Å². The maximum Gasteiger partial charge on any atom is 0.417 e. The van der Waals surface area contributed by atoms with Crippen molar-refractivity contribution < 1.29 is 13.2 Å². The molecule has 1 aromatic rings. The lowest BCUT2D eigenvalue weighted by Gasteiger charge is -2.12. The summed E-state index contributed by atoms with van der Waals surface area (Å²) >= 11 is 0. The van der Waals surface area contributed by atoms with Gasteiger partial charge in [-0.3, -0.25) is 4.98 Å². The Morgan fingerprint density at radius 2 is 2.17 bits per heavy atom. The molecule has 0 aliphatic rings. The molecule has 1 aromatic heterocycles. The zero-order valence-corrected chi connectivity index (χ0v) is 10.5. The highest BCUT2D eigenvalue weighted by Crippen LogP contribution is 2.34. The lowest BCUT2D eigenvalue weighted by atomic mass is 10.0. The maximum atomic E-state index is 12.8. The van der Waals surface area contributed by atoms with Gasteiger partial charge >= 0.3 is 6.18 Å². The van der Waals surface area contributed by atoms with Gasteiger partial charge in [-0.05, 0) is 38.1 Å². The van der Waals surface area contributed by atoms with E-state index in [9.17, 15) is 13.2 Å². The van der Waals surface area contributed by atoms with Crippen LogP contribution < -0.4 is 5.32 Å².